The molecule has 0 radical (unpaired) electrons. The number of hydrogen-bond acceptors (Lipinski definition) is 5. The minimum atomic E-state index is -0.825. The quantitative estimate of drug-likeness (QED) is 0.197. The van der Waals surface area contributed by atoms with Gasteiger partial charge in [0.1, 0.15) is 17.9 Å². The number of nitrogens with one attached hydrogen (secondary N) is 4. The van der Waals surface area contributed by atoms with E-state index in [1.165, 1.54) is 0 Å². The minimum Gasteiger partial charge on any atom is -0.366 e. The van der Waals surface area contributed by atoms with E-state index in [0.29, 0.717) is 23.6 Å². The molecule has 9 nitrogen and oxygen atoms in total. The Balaban J connectivity index is 1.33. The van der Waals surface area contributed by atoms with Gasteiger partial charge in [0.15, 0.2) is 0 Å². The third kappa shape index (κ3) is 9.08. The first-order valence-electron chi connectivity index (χ1n) is 15.7. The van der Waals surface area contributed by atoms with Gasteiger partial charge in [0.2, 0.25) is 11.8 Å². The first-order valence-corrected chi connectivity index (χ1v) is 16.0. The third-order valence-corrected chi connectivity index (χ3v) is 8.39. The summed E-state index contributed by atoms with van der Waals surface area (Å²) in [4.78, 5) is 39.7. The first-order chi connectivity index (χ1) is 21.1. The lowest BCUT2D eigenvalue weighted by Crippen LogP contribution is -2.55. The van der Waals surface area contributed by atoms with Gasteiger partial charge in [-0.3, -0.25) is 19.1 Å². The van der Waals surface area contributed by atoms with Crippen LogP contribution in [0, 0.1) is 5.92 Å². The van der Waals surface area contributed by atoms with Crippen molar-refractivity contribution < 1.29 is 14.4 Å². The average Bonchev–Trinajstić information content (AvgIpc) is 3.47. The number of nitrogens with zero attached hydrogens (tertiary/aromatic N) is 2. The molecule has 1 saturated carbocycles. The van der Waals surface area contributed by atoms with E-state index in [1.807, 2.05) is 61.9 Å². The molecule has 2 aromatic carbocycles. The van der Waals surface area contributed by atoms with Crippen molar-refractivity contribution >= 4 is 35.1 Å². The number of halogens is 1. The summed E-state index contributed by atoms with van der Waals surface area (Å²) in [6.07, 6.45) is 6.21. The SMILES string of the molecule is CCn1nccc1NCc1ccc(C(=O)N[C@@H](C)C(=O)N[C@@H](CC(C)C)C(=O)NC2CCCC[C@H]2c2cccc(Cl)c2)cc1. The number of aryl methyl sites for hydroxylation is 1. The second kappa shape index (κ2) is 15.7. The Morgan fingerprint density at radius 3 is 2.43 bits per heavy atom. The molecule has 236 valence electrons. The highest BCUT2D eigenvalue weighted by Gasteiger charge is 2.32. The highest BCUT2D eigenvalue weighted by atomic mass is 35.5. The molecule has 4 N–H and O–H groups in total. The molecule has 4 atom stereocenters. The van der Waals surface area contributed by atoms with Crippen LogP contribution in [0.3, 0.4) is 0 Å². The number of benzene rings is 2. The van der Waals surface area contributed by atoms with Crippen molar-refractivity contribution in [1.29, 1.82) is 0 Å². The van der Waals surface area contributed by atoms with Crippen LogP contribution in [0.25, 0.3) is 0 Å². The molecule has 1 fully saturated rings. The zero-order valence-electron chi connectivity index (χ0n) is 26.1. The summed E-state index contributed by atoms with van der Waals surface area (Å²) in [5.74, 6) is 0.327. The summed E-state index contributed by atoms with van der Waals surface area (Å²) < 4.78 is 1.87. The van der Waals surface area contributed by atoms with E-state index < -0.39 is 18.0 Å². The fourth-order valence-corrected chi connectivity index (χ4v) is 5.97. The molecule has 3 aromatic rings. The van der Waals surface area contributed by atoms with Gasteiger partial charge < -0.3 is 21.3 Å². The second-order valence-electron chi connectivity index (χ2n) is 12.0. The Hall–Kier alpha value is -3.85. The third-order valence-electron chi connectivity index (χ3n) is 8.16. The fourth-order valence-electron chi connectivity index (χ4n) is 5.77. The van der Waals surface area contributed by atoms with Gasteiger partial charge in [-0.1, -0.05) is 62.6 Å². The highest BCUT2D eigenvalue weighted by Crippen LogP contribution is 2.34. The van der Waals surface area contributed by atoms with Gasteiger partial charge in [-0.2, -0.15) is 5.10 Å². The Morgan fingerprint density at radius 1 is 0.977 bits per heavy atom. The molecule has 3 amide bonds. The molecule has 1 aromatic heterocycles. The van der Waals surface area contributed by atoms with Crippen LogP contribution in [-0.2, 0) is 22.7 Å². The molecule has 1 heterocycles. The zero-order valence-corrected chi connectivity index (χ0v) is 26.9. The van der Waals surface area contributed by atoms with Gasteiger partial charge in [0.25, 0.3) is 5.91 Å². The lowest BCUT2D eigenvalue weighted by Gasteiger charge is -2.34. The molecular formula is C34H45ClN6O3. The summed E-state index contributed by atoms with van der Waals surface area (Å²) >= 11 is 6.26. The van der Waals surface area contributed by atoms with Crippen molar-refractivity contribution in [2.45, 2.75) is 96.9 Å². The molecule has 1 aliphatic carbocycles. The van der Waals surface area contributed by atoms with Crippen LogP contribution in [0.2, 0.25) is 5.02 Å². The van der Waals surface area contributed by atoms with Crippen LogP contribution in [0.5, 0.6) is 0 Å². The number of anilines is 1. The standard InChI is InChI=1S/C34H45ClN6O3/c1-5-41-31(17-18-37-41)36-21-24-13-15-25(16-14-24)33(43)38-23(4)32(42)40-30(19-22(2)3)34(44)39-29-12-7-6-11-28(29)26-9-8-10-27(35)20-26/h8-10,13-18,20,22-23,28-30,36H,5-7,11-12,19,21H2,1-4H3,(H,38,43)(H,39,44)(H,40,42)/t23-,28-,29?,30-/m0/s1. The minimum absolute atomic E-state index is 0.0367. The van der Waals surface area contributed by atoms with Crippen LogP contribution in [0.15, 0.2) is 60.8 Å². The normalized spacial score (nSPS) is 17.9. The predicted octanol–water partition coefficient (Wildman–Crippen LogP) is 5.66. The van der Waals surface area contributed by atoms with E-state index in [9.17, 15) is 14.4 Å². The molecule has 4 rings (SSSR count). The lowest BCUT2D eigenvalue weighted by atomic mass is 9.80. The van der Waals surface area contributed by atoms with E-state index in [0.717, 1.165) is 49.2 Å². The van der Waals surface area contributed by atoms with E-state index >= 15 is 0 Å². The number of carbonyl (C=O) groups excluding carboxylic acids is 3. The molecule has 0 aliphatic heterocycles. The number of amides is 3. The Morgan fingerprint density at radius 2 is 1.73 bits per heavy atom. The van der Waals surface area contributed by atoms with Gasteiger partial charge in [0.05, 0.1) is 6.20 Å². The van der Waals surface area contributed by atoms with Gasteiger partial charge in [-0.05, 0) is 74.4 Å². The number of rotatable bonds is 13. The van der Waals surface area contributed by atoms with Crippen LogP contribution in [0.1, 0.15) is 87.2 Å². The van der Waals surface area contributed by atoms with Gasteiger partial charge in [-0.25, -0.2) is 0 Å². The maximum atomic E-state index is 13.5. The summed E-state index contributed by atoms with van der Waals surface area (Å²) in [5, 5.41) is 17.2. The van der Waals surface area contributed by atoms with Crippen molar-refractivity contribution in [2.24, 2.45) is 5.92 Å². The van der Waals surface area contributed by atoms with Crippen LogP contribution in [0.4, 0.5) is 5.82 Å². The molecule has 0 saturated heterocycles. The Bertz CT molecular complexity index is 1410. The van der Waals surface area contributed by atoms with Gasteiger partial charge in [0, 0.05) is 41.7 Å². The summed E-state index contributed by atoms with van der Waals surface area (Å²) in [7, 11) is 0. The molecule has 10 heteroatoms. The average molecular weight is 621 g/mol. The summed E-state index contributed by atoms with van der Waals surface area (Å²) in [6, 6.07) is 15.4. The largest absolute Gasteiger partial charge is 0.366 e. The molecule has 0 spiro atoms. The Labute approximate surface area is 265 Å². The zero-order chi connectivity index (χ0) is 31.6. The van der Waals surface area contributed by atoms with Gasteiger partial charge >= 0.3 is 0 Å². The Kier molecular flexibility index (Phi) is 11.8. The van der Waals surface area contributed by atoms with Crippen molar-refractivity contribution in [3.8, 4) is 0 Å². The van der Waals surface area contributed by atoms with E-state index in [2.05, 4.69) is 32.4 Å². The predicted molar refractivity (Wildman–Crippen MR) is 175 cm³/mol. The molecule has 1 unspecified atom stereocenters. The van der Waals surface area contributed by atoms with Gasteiger partial charge in [-0.15, -0.1) is 0 Å². The molecule has 44 heavy (non-hydrogen) atoms. The van der Waals surface area contributed by atoms with Crippen LogP contribution in [-0.4, -0.2) is 45.6 Å². The monoisotopic (exact) mass is 620 g/mol. The lowest BCUT2D eigenvalue weighted by molar-refractivity contribution is -0.130. The van der Waals surface area contributed by atoms with E-state index in [-0.39, 0.29) is 29.7 Å². The van der Waals surface area contributed by atoms with Crippen molar-refractivity contribution in [3.63, 3.8) is 0 Å². The van der Waals surface area contributed by atoms with Crippen LogP contribution < -0.4 is 21.3 Å². The summed E-state index contributed by atoms with van der Waals surface area (Å²) in [6.45, 7) is 9.06. The van der Waals surface area contributed by atoms with Crippen LogP contribution >= 0.6 is 11.6 Å². The smallest absolute Gasteiger partial charge is 0.251 e. The fraction of sp³-hybridized carbons (Fsp3) is 0.471. The molecular weight excluding hydrogens is 576 g/mol. The van der Waals surface area contributed by atoms with E-state index in [4.69, 9.17) is 11.6 Å². The first kappa shape index (κ1) is 33.1. The molecule has 0 bridgehead atoms. The van der Waals surface area contributed by atoms with E-state index in [1.54, 1.807) is 25.3 Å². The maximum absolute atomic E-state index is 13.5. The maximum Gasteiger partial charge on any atom is 0.251 e. The topological polar surface area (TPSA) is 117 Å². The number of hydrogen-bond donors (Lipinski definition) is 4. The van der Waals surface area contributed by atoms with Crippen molar-refractivity contribution in [3.05, 3.63) is 82.5 Å². The highest BCUT2D eigenvalue weighted by molar-refractivity contribution is 6.30. The number of aromatic nitrogens is 2. The summed E-state index contributed by atoms with van der Waals surface area (Å²) in [5.41, 5.74) is 2.58. The molecule has 1 aliphatic rings. The van der Waals surface area contributed by atoms with Crippen molar-refractivity contribution in [1.82, 2.24) is 25.7 Å². The second-order valence-corrected chi connectivity index (χ2v) is 12.5. The van der Waals surface area contributed by atoms with Crippen molar-refractivity contribution in [2.75, 3.05) is 5.32 Å². The number of carbonyl (C=O) groups is 3.